The molecular weight excluding hydrogens is 446 g/mol. The zero-order chi connectivity index (χ0) is 24.9. The van der Waals surface area contributed by atoms with E-state index in [0.29, 0.717) is 13.1 Å². The van der Waals surface area contributed by atoms with Crippen LogP contribution >= 0.6 is 0 Å². The monoisotopic (exact) mass is 479 g/mol. The molecule has 184 valence electrons. The zero-order valence-corrected chi connectivity index (χ0v) is 21.1. The molecule has 1 fully saturated rings. The lowest BCUT2D eigenvalue weighted by atomic mass is 9.87. The first kappa shape index (κ1) is 24.0. The molecule has 2 aromatic heterocycles. The van der Waals surface area contributed by atoms with Crippen molar-refractivity contribution in [2.75, 3.05) is 26.2 Å². The zero-order valence-electron chi connectivity index (χ0n) is 21.1. The summed E-state index contributed by atoms with van der Waals surface area (Å²) in [5.41, 5.74) is 7.97. The van der Waals surface area contributed by atoms with E-state index in [0.717, 1.165) is 60.1 Å². The second-order valence-electron chi connectivity index (χ2n) is 9.32. The Morgan fingerprint density at radius 3 is 2.36 bits per heavy atom. The number of hydrogen-bond donors (Lipinski definition) is 0. The van der Waals surface area contributed by atoms with E-state index < -0.39 is 0 Å². The number of piperidine rings is 1. The summed E-state index contributed by atoms with van der Waals surface area (Å²) in [7, 11) is 0. The fraction of sp³-hybridized carbons (Fsp3) is 0.290. The van der Waals surface area contributed by atoms with Crippen molar-refractivity contribution >= 4 is 22.4 Å². The van der Waals surface area contributed by atoms with Gasteiger partial charge < -0.3 is 9.32 Å². The van der Waals surface area contributed by atoms with E-state index in [4.69, 9.17) is 9.40 Å². The molecule has 4 aromatic rings. The number of likely N-dealkylation sites (tertiary alicyclic amines) is 1. The highest BCUT2D eigenvalue weighted by Crippen LogP contribution is 2.36. The van der Waals surface area contributed by atoms with Gasteiger partial charge in [0.05, 0.1) is 18.0 Å². The van der Waals surface area contributed by atoms with Crippen molar-refractivity contribution in [3.63, 3.8) is 0 Å². The molecule has 36 heavy (non-hydrogen) atoms. The molecule has 0 atom stereocenters. The van der Waals surface area contributed by atoms with Gasteiger partial charge in [0, 0.05) is 61.0 Å². The van der Waals surface area contributed by atoms with Gasteiger partial charge in [-0.15, -0.1) is 0 Å². The van der Waals surface area contributed by atoms with Crippen LogP contribution in [0.25, 0.3) is 16.5 Å². The van der Waals surface area contributed by atoms with Gasteiger partial charge in [0.2, 0.25) is 0 Å². The average molecular weight is 480 g/mol. The Balaban J connectivity index is 1.51. The lowest BCUT2D eigenvalue weighted by Gasteiger charge is -2.30. The maximum atomic E-state index is 12.9. The predicted octanol–water partition coefficient (Wildman–Crippen LogP) is 6.41. The molecule has 3 heterocycles. The summed E-state index contributed by atoms with van der Waals surface area (Å²) in [5.74, 6) is 0.0835. The smallest absolute Gasteiger partial charge is 0.253 e. The van der Waals surface area contributed by atoms with Crippen molar-refractivity contribution in [1.29, 1.82) is 0 Å². The molecular formula is C31H33N3O2. The van der Waals surface area contributed by atoms with E-state index in [-0.39, 0.29) is 5.91 Å². The molecule has 1 saturated heterocycles. The van der Waals surface area contributed by atoms with Crippen LogP contribution in [0.4, 0.5) is 0 Å². The number of fused-ring (bicyclic) bond motifs is 1. The van der Waals surface area contributed by atoms with Crippen molar-refractivity contribution in [3.05, 3.63) is 107 Å². The van der Waals surface area contributed by atoms with Crippen LogP contribution in [0.3, 0.4) is 0 Å². The standard InChI is InChI=1S/C31H33N3O2/c1-3-34(4-2)31(35)27-12-10-24(11-13-27)29(28-9-5-7-26-8-6-17-32-30(26)28)25-14-18-33(19-15-25)21-23-16-20-36-22-23/h5-13,16-17,20,22H,3-4,14-15,18-19,21H2,1-2H3. The molecule has 5 nitrogen and oxygen atoms in total. The minimum Gasteiger partial charge on any atom is -0.472 e. The Morgan fingerprint density at radius 1 is 0.944 bits per heavy atom. The van der Waals surface area contributed by atoms with E-state index in [2.05, 4.69) is 41.3 Å². The number of rotatable bonds is 7. The normalized spacial score (nSPS) is 14.2. The van der Waals surface area contributed by atoms with Crippen LogP contribution in [0.1, 0.15) is 53.7 Å². The minimum atomic E-state index is 0.0835. The van der Waals surface area contributed by atoms with Gasteiger partial charge in [-0.1, -0.05) is 42.0 Å². The van der Waals surface area contributed by atoms with Crippen LogP contribution in [0, 0.1) is 0 Å². The number of carbonyl (C=O) groups excluding carboxylic acids is 1. The number of aromatic nitrogens is 1. The van der Waals surface area contributed by atoms with Crippen molar-refractivity contribution in [2.24, 2.45) is 0 Å². The SMILES string of the molecule is CCN(CC)C(=O)c1ccc(C(=C2CCN(Cc3ccoc3)CC2)c2cccc3cccnc23)cc1. The van der Waals surface area contributed by atoms with Gasteiger partial charge in [0.25, 0.3) is 5.91 Å². The molecule has 5 rings (SSSR count). The molecule has 1 aliphatic rings. The molecule has 1 amide bonds. The molecule has 0 bridgehead atoms. The molecule has 0 unspecified atom stereocenters. The van der Waals surface area contributed by atoms with Gasteiger partial charge in [-0.05, 0) is 62.1 Å². The molecule has 0 N–H and O–H groups in total. The van der Waals surface area contributed by atoms with Crippen molar-refractivity contribution in [3.8, 4) is 0 Å². The van der Waals surface area contributed by atoms with Crippen molar-refractivity contribution < 1.29 is 9.21 Å². The third-order valence-electron chi connectivity index (χ3n) is 7.17. The number of amides is 1. The van der Waals surface area contributed by atoms with Gasteiger partial charge in [-0.25, -0.2) is 0 Å². The van der Waals surface area contributed by atoms with Gasteiger partial charge in [0.1, 0.15) is 0 Å². The van der Waals surface area contributed by atoms with E-state index in [9.17, 15) is 4.79 Å². The van der Waals surface area contributed by atoms with Crippen molar-refractivity contribution in [2.45, 2.75) is 33.2 Å². The summed E-state index contributed by atoms with van der Waals surface area (Å²) in [6, 6.07) is 20.7. The van der Waals surface area contributed by atoms with Gasteiger partial charge in [-0.2, -0.15) is 0 Å². The van der Waals surface area contributed by atoms with E-state index in [1.54, 1.807) is 6.26 Å². The minimum absolute atomic E-state index is 0.0835. The second-order valence-corrected chi connectivity index (χ2v) is 9.32. The summed E-state index contributed by atoms with van der Waals surface area (Å²) in [6.45, 7) is 8.38. The maximum absolute atomic E-state index is 12.9. The van der Waals surface area contributed by atoms with Gasteiger partial charge >= 0.3 is 0 Å². The Morgan fingerprint density at radius 2 is 1.67 bits per heavy atom. The average Bonchev–Trinajstić information content (AvgIpc) is 3.44. The van der Waals surface area contributed by atoms with Crippen LogP contribution in [-0.2, 0) is 6.54 Å². The highest BCUT2D eigenvalue weighted by atomic mass is 16.3. The topological polar surface area (TPSA) is 49.6 Å². The molecule has 0 saturated carbocycles. The van der Waals surface area contributed by atoms with Crippen LogP contribution in [0.5, 0.6) is 0 Å². The Kier molecular flexibility index (Phi) is 7.28. The molecule has 1 aliphatic heterocycles. The maximum Gasteiger partial charge on any atom is 0.253 e. The lowest BCUT2D eigenvalue weighted by Crippen LogP contribution is -2.30. The van der Waals surface area contributed by atoms with Crippen LogP contribution in [0.2, 0.25) is 0 Å². The van der Waals surface area contributed by atoms with E-state index in [1.165, 1.54) is 16.7 Å². The number of para-hydroxylation sites is 1. The number of benzene rings is 2. The van der Waals surface area contributed by atoms with Crippen LogP contribution in [0.15, 0.2) is 89.4 Å². The van der Waals surface area contributed by atoms with E-state index in [1.807, 2.05) is 55.5 Å². The van der Waals surface area contributed by atoms with Crippen molar-refractivity contribution in [1.82, 2.24) is 14.8 Å². The Labute approximate surface area is 213 Å². The number of nitrogens with zero attached hydrogens (tertiary/aromatic N) is 3. The fourth-order valence-corrected chi connectivity index (χ4v) is 5.20. The highest BCUT2D eigenvalue weighted by molar-refractivity contribution is 5.98. The second kappa shape index (κ2) is 10.9. The number of furan rings is 1. The van der Waals surface area contributed by atoms with Crippen LogP contribution in [-0.4, -0.2) is 46.9 Å². The quantitative estimate of drug-likeness (QED) is 0.307. The summed E-state index contributed by atoms with van der Waals surface area (Å²) in [6.07, 6.45) is 7.44. The first-order valence-electron chi connectivity index (χ1n) is 12.9. The number of hydrogen-bond acceptors (Lipinski definition) is 4. The summed E-state index contributed by atoms with van der Waals surface area (Å²) in [4.78, 5) is 22.0. The van der Waals surface area contributed by atoms with Crippen LogP contribution < -0.4 is 0 Å². The molecule has 0 radical (unpaired) electrons. The predicted molar refractivity (Wildman–Crippen MR) is 145 cm³/mol. The molecule has 5 heteroatoms. The highest BCUT2D eigenvalue weighted by Gasteiger charge is 2.21. The first-order valence-corrected chi connectivity index (χ1v) is 12.9. The number of carbonyl (C=O) groups is 1. The summed E-state index contributed by atoms with van der Waals surface area (Å²) >= 11 is 0. The molecule has 0 aliphatic carbocycles. The first-order chi connectivity index (χ1) is 17.7. The third kappa shape index (κ3) is 4.98. The fourth-order valence-electron chi connectivity index (χ4n) is 5.20. The van der Waals surface area contributed by atoms with Gasteiger partial charge in [-0.3, -0.25) is 14.7 Å². The largest absolute Gasteiger partial charge is 0.472 e. The summed E-state index contributed by atoms with van der Waals surface area (Å²) < 4.78 is 5.26. The van der Waals surface area contributed by atoms with E-state index >= 15 is 0 Å². The molecule has 2 aromatic carbocycles. The third-order valence-corrected chi connectivity index (χ3v) is 7.17. The van der Waals surface area contributed by atoms with Gasteiger partial charge in [0.15, 0.2) is 0 Å². The lowest BCUT2D eigenvalue weighted by molar-refractivity contribution is 0.0773. The molecule has 0 spiro atoms. The number of pyridine rings is 1. The Bertz CT molecular complexity index is 1340. The Hall–Kier alpha value is -3.70. The summed E-state index contributed by atoms with van der Waals surface area (Å²) in [5, 5.41) is 1.14.